The van der Waals surface area contributed by atoms with Gasteiger partial charge < -0.3 is 25.2 Å². The molecule has 40 heavy (non-hydrogen) atoms. The minimum Gasteiger partial charge on any atom is -0.374 e. The van der Waals surface area contributed by atoms with E-state index in [9.17, 15) is 4.39 Å². The van der Waals surface area contributed by atoms with Gasteiger partial charge in [-0.3, -0.25) is 4.68 Å². The number of nitrogens with one attached hydrogen (secondary N) is 2. The van der Waals surface area contributed by atoms with Crippen LogP contribution in [0.4, 0.5) is 27.9 Å². The van der Waals surface area contributed by atoms with Crippen molar-refractivity contribution in [3.05, 3.63) is 71.8 Å². The van der Waals surface area contributed by atoms with Gasteiger partial charge in [0.05, 0.1) is 36.8 Å². The molecule has 2 saturated heterocycles. The molecule has 12 nitrogen and oxygen atoms in total. The molecule has 0 unspecified atom stereocenters. The second-order valence-corrected chi connectivity index (χ2v) is 9.93. The molecule has 2 N–H and O–H groups in total. The van der Waals surface area contributed by atoms with Crippen LogP contribution in [0.5, 0.6) is 0 Å². The van der Waals surface area contributed by atoms with Crippen LogP contribution in [0.3, 0.4) is 0 Å². The van der Waals surface area contributed by atoms with Gasteiger partial charge in [-0.25, -0.2) is 24.3 Å². The van der Waals surface area contributed by atoms with E-state index in [2.05, 4.69) is 50.5 Å². The van der Waals surface area contributed by atoms with E-state index in [4.69, 9.17) is 4.74 Å². The van der Waals surface area contributed by atoms with Crippen molar-refractivity contribution in [1.82, 2.24) is 40.0 Å². The van der Waals surface area contributed by atoms with Crippen molar-refractivity contribution in [1.29, 1.82) is 0 Å². The van der Waals surface area contributed by atoms with Gasteiger partial charge in [0.2, 0.25) is 17.8 Å². The number of piperazine rings is 1. The lowest BCUT2D eigenvalue weighted by Gasteiger charge is -2.34. The number of nitrogens with zero attached hydrogens (tertiary/aromatic N) is 9. The van der Waals surface area contributed by atoms with E-state index in [0.29, 0.717) is 30.8 Å². The third-order valence-electron chi connectivity index (χ3n) is 7.15. The van der Waals surface area contributed by atoms with Crippen LogP contribution in [0.2, 0.25) is 0 Å². The molecule has 1 aromatic carbocycles. The van der Waals surface area contributed by atoms with E-state index in [1.807, 2.05) is 24.0 Å². The third-order valence-corrected chi connectivity index (χ3v) is 7.15. The van der Waals surface area contributed by atoms with Crippen LogP contribution in [-0.4, -0.2) is 86.7 Å². The maximum atomic E-state index is 13.2. The zero-order valence-electron chi connectivity index (χ0n) is 22.4. The van der Waals surface area contributed by atoms with E-state index < -0.39 is 0 Å². The number of hydrogen-bond donors (Lipinski definition) is 2. The van der Waals surface area contributed by atoms with Crippen LogP contribution in [0.25, 0.3) is 0 Å². The second kappa shape index (κ2) is 11.9. The number of ether oxygens (including phenoxy) is 1. The highest BCUT2D eigenvalue weighted by Gasteiger charge is 2.22. The van der Waals surface area contributed by atoms with Crippen LogP contribution >= 0.6 is 0 Å². The van der Waals surface area contributed by atoms with Gasteiger partial charge in [-0.15, -0.1) is 0 Å². The molecule has 2 aliphatic heterocycles. The predicted molar refractivity (Wildman–Crippen MR) is 148 cm³/mol. The molecule has 3 aromatic heterocycles. The smallest absolute Gasteiger partial charge is 0.232 e. The third kappa shape index (κ3) is 6.15. The maximum Gasteiger partial charge on any atom is 0.232 e. The predicted octanol–water partition coefficient (Wildman–Crippen LogP) is 1.96. The largest absolute Gasteiger partial charge is 0.374 e. The average molecular weight is 546 g/mol. The van der Waals surface area contributed by atoms with Crippen molar-refractivity contribution in [2.24, 2.45) is 0 Å². The van der Waals surface area contributed by atoms with Crippen LogP contribution in [0, 0.1) is 12.7 Å². The lowest BCUT2D eigenvalue weighted by atomic mass is 10.1. The summed E-state index contributed by atoms with van der Waals surface area (Å²) in [7, 11) is 0. The highest BCUT2D eigenvalue weighted by Crippen LogP contribution is 2.21. The van der Waals surface area contributed by atoms with E-state index in [-0.39, 0.29) is 11.9 Å². The SMILES string of the molecule is Cc1c(Nc2ncnc(N3CCN(c4ncc(Cc5ccc(F)cc5)cn4)CC3)n2)cnn1C[C@@H]1CNCCO1. The van der Waals surface area contributed by atoms with E-state index in [0.717, 1.165) is 68.4 Å². The molecule has 0 saturated carbocycles. The van der Waals surface area contributed by atoms with Gasteiger partial charge in [-0.05, 0) is 30.2 Å². The van der Waals surface area contributed by atoms with Gasteiger partial charge in [0, 0.05) is 58.1 Å². The first-order valence-electron chi connectivity index (χ1n) is 13.5. The molecule has 0 radical (unpaired) electrons. The monoisotopic (exact) mass is 545 g/mol. The molecule has 1 atom stereocenters. The zero-order valence-corrected chi connectivity index (χ0v) is 22.4. The van der Waals surface area contributed by atoms with Gasteiger partial charge in [0.25, 0.3) is 0 Å². The van der Waals surface area contributed by atoms with Crippen molar-refractivity contribution in [3.8, 4) is 0 Å². The Morgan fingerprint density at radius 3 is 2.42 bits per heavy atom. The minimum absolute atomic E-state index is 0.104. The number of hydrogen-bond acceptors (Lipinski definition) is 11. The maximum absolute atomic E-state index is 13.2. The second-order valence-electron chi connectivity index (χ2n) is 9.93. The molecule has 2 fully saturated rings. The Hall–Kier alpha value is -4.23. The fourth-order valence-electron chi connectivity index (χ4n) is 4.85. The number of rotatable bonds is 8. The Morgan fingerprint density at radius 1 is 0.950 bits per heavy atom. The molecule has 0 bridgehead atoms. The van der Waals surface area contributed by atoms with Crippen LogP contribution < -0.4 is 20.4 Å². The molecule has 6 rings (SSSR count). The summed E-state index contributed by atoms with van der Waals surface area (Å²) in [5.74, 6) is 1.56. The van der Waals surface area contributed by atoms with Crippen LogP contribution in [0.1, 0.15) is 16.8 Å². The van der Waals surface area contributed by atoms with Gasteiger partial charge in [-0.2, -0.15) is 10.1 Å². The first-order chi connectivity index (χ1) is 19.6. The standard InChI is InChI=1S/C27H32FN11O/c1-19-24(16-34-39(19)17-23-15-29-6-11-40-23)35-25-32-18-33-27(36-25)38-9-7-37(8-10-38)26-30-13-21(14-31-26)12-20-2-4-22(28)5-3-20/h2-5,13-14,16,18,23,29H,6-12,15,17H2,1H3,(H,32,33,35,36)/t23-/m0/s1. The number of aromatic nitrogens is 7. The topological polar surface area (TPSA) is 122 Å². The fraction of sp³-hybridized carbons (Fsp3) is 0.407. The number of anilines is 4. The van der Waals surface area contributed by atoms with Crippen molar-refractivity contribution >= 4 is 23.5 Å². The van der Waals surface area contributed by atoms with Crippen molar-refractivity contribution in [2.75, 3.05) is 61.0 Å². The molecular formula is C27H32FN11O. The quantitative estimate of drug-likeness (QED) is 0.338. The number of halogens is 1. The summed E-state index contributed by atoms with van der Waals surface area (Å²) in [6, 6.07) is 6.50. The highest BCUT2D eigenvalue weighted by molar-refractivity contribution is 5.56. The minimum atomic E-state index is -0.236. The average Bonchev–Trinajstić information content (AvgIpc) is 3.33. The molecule has 208 valence electrons. The molecular weight excluding hydrogens is 513 g/mol. The van der Waals surface area contributed by atoms with Gasteiger partial charge in [-0.1, -0.05) is 12.1 Å². The summed E-state index contributed by atoms with van der Waals surface area (Å²) < 4.78 is 20.9. The molecule has 0 aliphatic carbocycles. The van der Waals surface area contributed by atoms with Gasteiger partial charge in [0.1, 0.15) is 12.1 Å². The Balaban J connectivity index is 1.03. The van der Waals surface area contributed by atoms with Crippen molar-refractivity contribution < 1.29 is 9.13 Å². The fourth-order valence-corrected chi connectivity index (χ4v) is 4.85. The summed E-state index contributed by atoms with van der Waals surface area (Å²) in [6.07, 6.45) is 7.76. The molecule has 0 amide bonds. The highest BCUT2D eigenvalue weighted by atomic mass is 19.1. The number of benzene rings is 1. The van der Waals surface area contributed by atoms with Crippen molar-refractivity contribution in [2.45, 2.75) is 26.0 Å². The molecule has 0 spiro atoms. The first-order valence-corrected chi connectivity index (χ1v) is 13.5. The van der Waals surface area contributed by atoms with Crippen LogP contribution in [0.15, 0.2) is 49.2 Å². The van der Waals surface area contributed by atoms with Gasteiger partial charge >= 0.3 is 0 Å². The first kappa shape index (κ1) is 26.0. The Morgan fingerprint density at radius 2 is 1.70 bits per heavy atom. The van der Waals surface area contributed by atoms with E-state index in [1.54, 1.807) is 18.3 Å². The van der Waals surface area contributed by atoms with Gasteiger partial charge in [0.15, 0.2) is 0 Å². The van der Waals surface area contributed by atoms with E-state index in [1.165, 1.54) is 18.5 Å². The summed E-state index contributed by atoms with van der Waals surface area (Å²) >= 11 is 0. The van der Waals surface area contributed by atoms with E-state index >= 15 is 0 Å². The molecule has 4 aromatic rings. The molecule has 5 heterocycles. The molecule has 13 heteroatoms. The lowest BCUT2D eigenvalue weighted by molar-refractivity contribution is 0.0158. The van der Waals surface area contributed by atoms with Crippen LogP contribution in [-0.2, 0) is 17.7 Å². The summed E-state index contributed by atoms with van der Waals surface area (Å²) in [5.41, 5.74) is 3.85. The summed E-state index contributed by atoms with van der Waals surface area (Å²) in [6.45, 7) is 8.09. The lowest BCUT2D eigenvalue weighted by Crippen LogP contribution is -2.47. The Labute approximate surface area is 231 Å². The van der Waals surface area contributed by atoms with Crippen molar-refractivity contribution in [3.63, 3.8) is 0 Å². The zero-order chi connectivity index (χ0) is 27.3. The Bertz CT molecular complexity index is 1400. The summed E-state index contributed by atoms with van der Waals surface area (Å²) in [5, 5.41) is 11.2. The molecule has 2 aliphatic rings. The number of morpholine rings is 1. The Kier molecular flexibility index (Phi) is 7.73. The summed E-state index contributed by atoms with van der Waals surface area (Å²) in [4.78, 5) is 26.8. The normalized spacial score (nSPS) is 17.7.